The van der Waals surface area contributed by atoms with E-state index >= 15 is 0 Å². The summed E-state index contributed by atoms with van der Waals surface area (Å²) in [6, 6.07) is 7.40. The molecule has 0 unspecified atom stereocenters. The van der Waals surface area contributed by atoms with Crippen molar-refractivity contribution in [2.75, 3.05) is 11.4 Å². The molecule has 1 aromatic carbocycles. The molecule has 3 heteroatoms. The monoisotopic (exact) mass is 277 g/mol. The summed E-state index contributed by atoms with van der Waals surface area (Å²) >= 11 is 3.34. The zero-order valence-corrected chi connectivity index (χ0v) is 10.6. The van der Waals surface area contributed by atoms with E-state index in [1.807, 2.05) is 24.3 Å². The normalized spacial score (nSPS) is 9.31. The van der Waals surface area contributed by atoms with Gasteiger partial charge in [0.1, 0.15) is 0 Å². The highest BCUT2D eigenvalue weighted by atomic mass is 79.9. The Kier molecular flexibility index (Phi) is 4.33. The van der Waals surface area contributed by atoms with Gasteiger partial charge in [-0.15, -0.1) is 6.42 Å². The van der Waals surface area contributed by atoms with E-state index in [0.717, 1.165) is 10.2 Å². The molecule has 0 fully saturated rings. The minimum atomic E-state index is -0.153. The number of benzene rings is 1. The largest absolute Gasteiger partial charge is 0.297 e. The van der Waals surface area contributed by atoms with Gasteiger partial charge in [0.05, 0.1) is 6.54 Å². The van der Waals surface area contributed by atoms with Crippen molar-refractivity contribution in [3.8, 4) is 12.3 Å². The minimum Gasteiger partial charge on any atom is -0.297 e. The molecule has 16 heavy (non-hydrogen) atoms. The van der Waals surface area contributed by atoms with Gasteiger partial charge in [-0.1, -0.05) is 28.4 Å². The van der Waals surface area contributed by atoms with Crippen LogP contribution in [0.25, 0.3) is 0 Å². The molecule has 0 N–H and O–H groups in total. The molecule has 2 nitrogen and oxygen atoms in total. The van der Waals surface area contributed by atoms with Crippen molar-refractivity contribution in [2.45, 2.75) is 6.92 Å². The maximum Gasteiger partial charge on any atom is 0.254 e. The Morgan fingerprint density at radius 2 is 2.06 bits per heavy atom. The number of amides is 1. The zero-order valence-electron chi connectivity index (χ0n) is 9.03. The first-order chi connectivity index (χ1) is 7.56. The maximum absolute atomic E-state index is 11.8. The van der Waals surface area contributed by atoms with Crippen molar-refractivity contribution in [1.82, 2.24) is 0 Å². The Morgan fingerprint density at radius 3 is 2.50 bits per heavy atom. The molecule has 0 aliphatic rings. The zero-order chi connectivity index (χ0) is 12.1. The number of hydrogen-bond acceptors (Lipinski definition) is 1. The standard InChI is InChI=1S/C13H12BrNO/c1-4-9-15(13(16)10(2)3)12-7-5-11(14)6-8-12/h1,5-8H,2,9H2,3H3. The Bertz CT molecular complexity index is 442. The highest BCUT2D eigenvalue weighted by Gasteiger charge is 2.14. The lowest BCUT2D eigenvalue weighted by molar-refractivity contribution is -0.114. The molecular weight excluding hydrogens is 266 g/mol. The summed E-state index contributed by atoms with van der Waals surface area (Å²) in [5, 5.41) is 0. The molecule has 0 saturated heterocycles. The molecule has 0 bridgehead atoms. The van der Waals surface area contributed by atoms with Gasteiger partial charge in [-0.25, -0.2) is 0 Å². The van der Waals surface area contributed by atoms with Crippen LogP contribution in [-0.4, -0.2) is 12.5 Å². The summed E-state index contributed by atoms with van der Waals surface area (Å²) in [6.07, 6.45) is 5.25. The van der Waals surface area contributed by atoms with E-state index in [9.17, 15) is 4.79 Å². The second-order valence-electron chi connectivity index (χ2n) is 3.35. The molecule has 0 aliphatic heterocycles. The van der Waals surface area contributed by atoms with Crippen LogP contribution in [0.4, 0.5) is 5.69 Å². The molecule has 0 heterocycles. The van der Waals surface area contributed by atoms with Crippen LogP contribution in [0.1, 0.15) is 6.92 Å². The lowest BCUT2D eigenvalue weighted by Crippen LogP contribution is -2.31. The van der Waals surface area contributed by atoms with Gasteiger partial charge in [0.15, 0.2) is 0 Å². The predicted molar refractivity (Wildman–Crippen MR) is 70.1 cm³/mol. The fourth-order valence-corrected chi connectivity index (χ4v) is 1.49. The van der Waals surface area contributed by atoms with Crippen LogP contribution in [0, 0.1) is 12.3 Å². The van der Waals surface area contributed by atoms with E-state index in [-0.39, 0.29) is 12.5 Å². The number of nitrogens with zero attached hydrogens (tertiary/aromatic N) is 1. The van der Waals surface area contributed by atoms with Gasteiger partial charge in [-0.05, 0) is 31.2 Å². The number of carbonyl (C=O) groups excluding carboxylic acids is 1. The molecule has 0 atom stereocenters. The van der Waals surface area contributed by atoms with Gasteiger partial charge in [-0.3, -0.25) is 9.69 Å². The molecule has 82 valence electrons. The second-order valence-corrected chi connectivity index (χ2v) is 4.27. The third kappa shape index (κ3) is 2.98. The van der Waals surface area contributed by atoms with E-state index in [1.54, 1.807) is 6.92 Å². The molecule has 1 amide bonds. The highest BCUT2D eigenvalue weighted by Crippen LogP contribution is 2.19. The van der Waals surface area contributed by atoms with Crippen LogP contribution in [-0.2, 0) is 4.79 Å². The average molecular weight is 278 g/mol. The van der Waals surface area contributed by atoms with E-state index in [0.29, 0.717) is 5.57 Å². The Hall–Kier alpha value is -1.53. The lowest BCUT2D eigenvalue weighted by atomic mass is 10.2. The molecular formula is C13H12BrNO. The molecule has 0 saturated carbocycles. The highest BCUT2D eigenvalue weighted by molar-refractivity contribution is 9.10. The molecule has 0 aromatic heterocycles. The predicted octanol–water partition coefficient (Wildman–Crippen LogP) is 2.99. The van der Waals surface area contributed by atoms with Crippen molar-refractivity contribution >= 4 is 27.5 Å². The lowest BCUT2D eigenvalue weighted by Gasteiger charge is -2.20. The molecule has 0 spiro atoms. The smallest absolute Gasteiger partial charge is 0.254 e. The number of rotatable bonds is 3. The van der Waals surface area contributed by atoms with Crippen LogP contribution in [0.3, 0.4) is 0 Å². The van der Waals surface area contributed by atoms with Crippen LogP contribution in [0.5, 0.6) is 0 Å². The summed E-state index contributed by atoms with van der Waals surface area (Å²) in [6.45, 7) is 5.55. The van der Waals surface area contributed by atoms with Crippen molar-refractivity contribution in [2.24, 2.45) is 0 Å². The third-order valence-electron chi connectivity index (χ3n) is 2.00. The Balaban J connectivity index is 3.03. The average Bonchev–Trinajstić information content (AvgIpc) is 2.26. The fraction of sp³-hybridized carbons (Fsp3) is 0.154. The first-order valence-electron chi connectivity index (χ1n) is 4.72. The first-order valence-corrected chi connectivity index (χ1v) is 5.52. The summed E-state index contributed by atoms with van der Waals surface area (Å²) in [5.74, 6) is 2.32. The first kappa shape index (κ1) is 12.5. The van der Waals surface area contributed by atoms with Crippen molar-refractivity contribution in [1.29, 1.82) is 0 Å². The van der Waals surface area contributed by atoms with E-state index in [2.05, 4.69) is 28.4 Å². The number of hydrogen-bond donors (Lipinski definition) is 0. The number of carbonyl (C=O) groups is 1. The SMILES string of the molecule is C#CCN(C(=O)C(=C)C)c1ccc(Br)cc1. The topological polar surface area (TPSA) is 20.3 Å². The Morgan fingerprint density at radius 1 is 1.50 bits per heavy atom. The van der Waals surface area contributed by atoms with Crippen molar-refractivity contribution < 1.29 is 4.79 Å². The Labute approximate surface area is 104 Å². The van der Waals surface area contributed by atoms with Gasteiger partial charge < -0.3 is 0 Å². The number of halogens is 1. The van der Waals surface area contributed by atoms with Crippen LogP contribution >= 0.6 is 15.9 Å². The summed E-state index contributed by atoms with van der Waals surface area (Å²) < 4.78 is 0.958. The van der Waals surface area contributed by atoms with Crippen LogP contribution in [0.15, 0.2) is 40.9 Å². The van der Waals surface area contributed by atoms with Crippen LogP contribution in [0.2, 0.25) is 0 Å². The van der Waals surface area contributed by atoms with E-state index in [4.69, 9.17) is 6.42 Å². The molecule has 1 aromatic rings. The number of terminal acetylenes is 1. The summed E-state index contributed by atoms with van der Waals surface area (Å²) in [7, 11) is 0. The molecule has 0 aliphatic carbocycles. The van der Waals surface area contributed by atoms with E-state index in [1.165, 1.54) is 4.90 Å². The molecule has 1 rings (SSSR count). The third-order valence-corrected chi connectivity index (χ3v) is 2.53. The number of anilines is 1. The fourth-order valence-electron chi connectivity index (χ4n) is 1.22. The molecule has 0 radical (unpaired) electrons. The summed E-state index contributed by atoms with van der Waals surface area (Å²) in [4.78, 5) is 13.4. The maximum atomic E-state index is 11.8. The van der Waals surface area contributed by atoms with Crippen LogP contribution < -0.4 is 4.90 Å². The minimum absolute atomic E-state index is 0.153. The van der Waals surface area contributed by atoms with Gasteiger partial charge in [0, 0.05) is 15.7 Å². The quantitative estimate of drug-likeness (QED) is 0.615. The van der Waals surface area contributed by atoms with Crippen molar-refractivity contribution in [3.05, 3.63) is 40.9 Å². The van der Waals surface area contributed by atoms with Gasteiger partial charge in [0.25, 0.3) is 5.91 Å². The van der Waals surface area contributed by atoms with Crippen molar-refractivity contribution in [3.63, 3.8) is 0 Å². The van der Waals surface area contributed by atoms with E-state index < -0.39 is 0 Å². The van der Waals surface area contributed by atoms with Gasteiger partial charge in [-0.2, -0.15) is 0 Å². The van der Waals surface area contributed by atoms with Gasteiger partial charge in [0.2, 0.25) is 0 Å². The summed E-state index contributed by atoms with van der Waals surface area (Å²) in [5.41, 5.74) is 1.24. The van der Waals surface area contributed by atoms with Gasteiger partial charge >= 0.3 is 0 Å². The second kappa shape index (κ2) is 5.53.